The fourth-order valence-electron chi connectivity index (χ4n) is 3.76. The van der Waals surface area contributed by atoms with E-state index in [0.29, 0.717) is 5.92 Å². The van der Waals surface area contributed by atoms with E-state index in [9.17, 15) is 4.79 Å². The second kappa shape index (κ2) is 6.75. The summed E-state index contributed by atoms with van der Waals surface area (Å²) in [4.78, 5) is 14.8. The number of aryl methyl sites for hydroxylation is 2. The lowest BCUT2D eigenvalue weighted by Crippen LogP contribution is -2.28. The zero-order valence-electron chi connectivity index (χ0n) is 15.1. The summed E-state index contributed by atoms with van der Waals surface area (Å²) in [5, 5.41) is 7.61. The predicted molar refractivity (Wildman–Crippen MR) is 101 cm³/mol. The average molecular weight is 346 g/mol. The van der Waals surface area contributed by atoms with Crippen LogP contribution in [-0.4, -0.2) is 38.7 Å². The van der Waals surface area contributed by atoms with Crippen LogP contribution in [0.5, 0.6) is 0 Å². The van der Waals surface area contributed by atoms with Crippen LogP contribution in [0.3, 0.4) is 0 Å². The molecule has 1 aromatic heterocycles. The van der Waals surface area contributed by atoms with E-state index in [1.807, 2.05) is 33.7 Å². The standard InChI is InChI=1S/C21H22N4O/c1-15-9-16(2)11-19(10-15)18-7-8-24(12-18)21(26)17-3-5-20(6-4-17)25-13-22-23-14-25/h3-6,9-11,13-14,18H,7-8,12H2,1-2H3/t18-/m1/s1. The van der Waals surface area contributed by atoms with Crippen molar-refractivity contribution in [1.29, 1.82) is 0 Å². The minimum Gasteiger partial charge on any atom is -0.338 e. The van der Waals surface area contributed by atoms with Gasteiger partial charge in [0.1, 0.15) is 12.7 Å². The summed E-state index contributed by atoms with van der Waals surface area (Å²) in [7, 11) is 0. The lowest BCUT2D eigenvalue weighted by Gasteiger charge is -2.17. The van der Waals surface area contributed by atoms with E-state index < -0.39 is 0 Å². The Labute approximate surface area is 153 Å². The minimum absolute atomic E-state index is 0.104. The maximum absolute atomic E-state index is 12.8. The molecule has 0 bridgehead atoms. The number of carbonyl (C=O) groups excluding carboxylic acids is 1. The van der Waals surface area contributed by atoms with Crippen LogP contribution in [0.1, 0.15) is 39.4 Å². The van der Waals surface area contributed by atoms with E-state index in [-0.39, 0.29) is 5.91 Å². The number of amides is 1. The summed E-state index contributed by atoms with van der Waals surface area (Å²) >= 11 is 0. The van der Waals surface area contributed by atoms with Crippen LogP contribution in [0, 0.1) is 13.8 Å². The third-order valence-corrected chi connectivity index (χ3v) is 5.02. The molecule has 1 amide bonds. The summed E-state index contributed by atoms with van der Waals surface area (Å²) in [6.45, 7) is 5.86. The fourth-order valence-corrected chi connectivity index (χ4v) is 3.76. The minimum atomic E-state index is 0.104. The Kier molecular flexibility index (Phi) is 4.29. The van der Waals surface area contributed by atoms with Gasteiger partial charge in [0.15, 0.2) is 0 Å². The number of aromatic nitrogens is 3. The van der Waals surface area contributed by atoms with Gasteiger partial charge in [-0.05, 0) is 50.1 Å². The van der Waals surface area contributed by atoms with Gasteiger partial charge < -0.3 is 4.90 Å². The SMILES string of the molecule is Cc1cc(C)cc([C@@H]2CCN(C(=O)c3ccc(-n4cnnc4)cc3)C2)c1. The number of hydrogen-bond acceptors (Lipinski definition) is 3. The van der Waals surface area contributed by atoms with Crippen LogP contribution in [0.4, 0.5) is 0 Å². The van der Waals surface area contributed by atoms with Gasteiger partial charge in [-0.1, -0.05) is 29.3 Å². The Bertz CT molecular complexity index is 895. The average Bonchev–Trinajstić information content (AvgIpc) is 3.32. The van der Waals surface area contributed by atoms with Gasteiger partial charge in [-0.3, -0.25) is 9.36 Å². The van der Waals surface area contributed by atoms with Crippen LogP contribution >= 0.6 is 0 Å². The molecule has 1 aliphatic heterocycles. The van der Waals surface area contributed by atoms with E-state index in [1.54, 1.807) is 12.7 Å². The highest BCUT2D eigenvalue weighted by molar-refractivity contribution is 5.94. The molecule has 1 atom stereocenters. The Morgan fingerprint density at radius 1 is 1.00 bits per heavy atom. The second-order valence-corrected chi connectivity index (χ2v) is 7.07. The molecule has 0 saturated carbocycles. The van der Waals surface area contributed by atoms with Crippen LogP contribution in [-0.2, 0) is 0 Å². The van der Waals surface area contributed by atoms with E-state index >= 15 is 0 Å². The van der Waals surface area contributed by atoms with Gasteiger partial charge in [0.25, 0.3) is 5.91 Å². The van der Waals surface area contributed by atoms with Gasteiger partial charge in [-0.25, -0.2) is 0 Å². The molecule has 132 valence electrons. The molecule has 0 unspecified atom stereocenters. The molecular weight excluding hydrogens is 324 g/mol. The molecule has 2 aromatic carbocycles. The first-order valence-electron chi connectivity index (χ1n) is 8.93. The van der Waals surface area contributed by atoms with Gasteiger partial charge in [0, 0.05) is 30.3 Å². The van der Waals surface area contributed by atoms with E-state index in [2.05, 4.69) is 42.2 Å². The van der Waals surface area contributed by atoms with Crippen molar-refractivity contribution in [3.8, 4) is 5.69 Å². The van der Waals surface area contributed by atoms with Crippen LogP contribution < -0.4 is 0 Å². The van der Waals surface area contributed by atoms with E-state index in [4.69, 9.17) is 0 Å². The van der Waals surface area contributed by atoms with Crippen molar-refractivity contribution >= 4 is 5.91 Å². The summed E-state index contributed by atoms with van der Waals surface area (Å²) in [5.41, 5.74) is 5.59. The van der Waals surface area contributed by atoms with Crippen molar-refractivity contribution in [3.05, 3.63) is 77.4 Å². The van der Waals surface area contributed by atoms with Gasteiger partial charge in [0.2, 0.25) is 0 Å². The van der Waals surface area contributed by atoms with Crippen LogP contribution in [0.2, 0.25) is 0 Å². The number of benzene rings is 2. The van der Waals surface area contributed by atoms with Crippen molar-refractivity contribution in [3.63, 3.8) is 0 Å². The highest BCUT2D eigenvalue weighted by Crippen LogP contribution is 2.29. The molecule has 0 radical (unpaired) electrons. The van der Waals surface area contributed by atoms with Crippen LogP contribution in [0.15, 0.2) is 55.1 Å². The Morgan fingerprint density at radius 3 is 2.31 bits per heavy atom. The predicted octanol–water partition coefficient (Wildman–Crippen LogP) is 3.51. The summed E-state index contributed by atoms with van der Waals surface area (Å²) < 4.78 is 1.82. The Balaban J connectivity index is 1.47. The van der Waals surface area contributed by atoms with Crippen molar-refractivity contribution in [2.45, 2.75) is 26.2 Å². The molecular formula is C21H22N4O. The van der Waals surface area contributed by atoms with Gasteiger partial charge >= 0.3 is 0 Å². The molecule has 4 rings (SSSR count). The first kappa shape index (κ1) is 16.5. The monoisotopic (exact) mass is 346 g/mol. The molecule has 0 spiro atoms. The van der Waals surface area contributed by atoms with E-state index in [1.165, 1.54) is 16.7 Å². The largest absolute Gasteiger partial charge is 0.338 e. The number of carbonyl (C=O) groups is 1. The van der Waals surface area contributed by atoms with Crippen molar-refractivity contribution in [2.24, 2.45) is 0 Å². The third kappa shape index (κ3) is 3.25. The molecule has 5 nitrogen and oxygen atoms in total. The van der Waals surface area contributed by atoms with Gasteiger partial charge in [0.05, 0.1) is 0 Å². The highest BCUT2D eigenvalue weighted by Gasteiger charge is 2.28. The fraction of sp³-hybridized carbons (Fsp3) is 0.286. The molecule has 0 aliphatic carbocycles. The number of nitrogens with zero attached hydrogens (tertiary/aromatic N) is 4. The molecule has 3 aromatic rings. The zero-order valence-corrected chi connectivity index (χ0v) is 15.1. The highest BCUT2D eigenvalue weighted by atomic mass is 16.2. The lowest BCUT2D eigenvalue weighted by atomic mass is 9.95. The number of hydrogen-bond donors (Lipinski definition) is 0. The van der Waals surface area contributed by atoms with E-state index in [0.717, 1.165) is 30.8 Å². The lowest BCUT2D eigenvalue weighted by molar-refractivity contribution is 0.0791. The van der Waals surface area contributed by atoms with Crippen LogP contribution in [0.25, 0.3) is 5.69 Å². The Hall–Kier alpha value is -2.95. The normalized spacial score (nSPS) is 16.8. The zero-order chi connectivity index (χ0) is 18.1. The second-order valence-electron chi connectivity index (χ2n) is 7.07. The molecule has 0 N–H and O–H groups in total. The Morgan fingerprint density at radius 2 is 1.65 bits per heavy atom. The molecule has 1 aliphatic rings. The first-order valence-corrected chi connectivity index (χ1v) is 8.93. The third-order valence-electron chi connectivity index (χ3n) is 5.02. The maximum Gasteiger partial charge on any atom is 0.253 e. The first-order chi connectivity index (χ1) is 12.6. The molecule has 1 fully saturated rings. The molecule has 26 heavy (non-hydrogen) atoms. The summed E-state index contributed by atoms with van der Waals surface area (Å²) in [6.07, 6.45) is 4.31. The molecule has 1 saturated heterocycles. The smallest absolute Gasteiger partial charge is 0.253 e. The maximum atomic E-state index is 12.8. The number of likely N-dealkylation sites (tertiary alicyclic amines) is 1. The number of rotatable bonds is 3. The van der Waals surface area contributed by atoms with Gasteiger partial charge in [-0.15, -0.1) is 10.2 Å². The van der Waals surface area contributed by atoms with Crippen molar-refractivity contribution in [2.75, 3.05) is 13.1 Å². The van der Waals surface area contributed by atoms with Gasteiger partial charge in [-0.2, -0.15) is 0 Å². The molecule has 2 heterocycles. The topological polar surface area (TPSA) is 51.0 Å². The summed E-state index contributed by atoms with van der Waals surface area (Å²) in [5.74, 6) is 0.529. The van der Waals surface area contributed by atoms with Crippen molar-refractivity contribution in [1.82, 2.24) is 19.7 Å². The quantitative estimate of drug-likeness (QED) is 0.729. The summed E-state index contributed by atoms with van der Waals surface area (Å²) in [6, 6.07) is 14.3. The van der Waals surface area contributed by atoms with Crippen molar-refractivity contribution < 1.29 is 4.79 Å². The molecule has 5 heteroatoms.